The Kier molecular flexibility index (Phi) is 9.11. The lowest BCUT2D eigenvalue weighted by atomic mass is 9.47. The Morgan fingerprint density at radius 1 is 1.00 bits per heavy atom. The second kappa shape index (κ2) is 12.6. The maximum atomic E-state index is 12.1. The summed E-state index contributed by atoms with van der Waals surface area (Å²) in [5.41, 5.74) is 6.80. The molecule has 4 bridgehead atoms. The molecule has 0 spiro atoms. The van der Waals surface area contributed by atoms with Crippen LogP contribution < -0.4 is 0 Å². The van der Waals surface area contributed by atoms with Crippen LogP contribution in [-0.2, 0) is 30.8 Å². The van der Waals surface area contributed by atoms with Gasteiger partial charge in [0.15, 0.2) is 12.2 Å². The summed E-state index contributed by atoms with van der Waals surface area (Å²) in [6, 6.07) is 14.6. The number of carbonyl (C=O) groups is 1. The molecule has 5 nitrogen and oxygen atoms in total. The van der Waals surface area contributed by atoms with Gasteiger partial charge in [0.2, 0.25) is 6.29 Å². The molecule has 2 aromatic rings. The van der Waals surface area contributed by atoms with Crippen molar-refractivity contribution in [3.8, 4) is 0 Å². The molecule has 0 aromatic heterocycles. The summed E-state index contributed by atoms with van der Waals surface area (Å²) in [6.45, 7) is 10.4. The standard InChI is InChI=1S/C37H46O5/c1-6-40-35(39)31-9-7-26(8-10-31)17-25(2)32-12-11-30(13-14-34(41-16-15-38)42-36(3,4)5)33(21-32)37-22-27-18-28(23-37)20-29(19-27)24-37/h7-12,16-17,21,27-29,34H,6,13-14,18-20,22-24H2,1-5H3. The smallest absolute Gasteiger partial charge is 0.338 e. The number of ether oxygens (including phenoxy) is 3. The zero-order valence-electron chi connectivity index (χ0n) is 25.9. The van der Waals surface area contributed by atoms with Crippen LogP contribution in [0.25, 0.3) is 11.6 Å². The Bertz CT molecular complexity index is 1300. The van der Waals surface area contributed by atoms with Crippen molar-refractivity contribution in [2.75, 3.05) is 6.61 Å². The normalized spacial score (nSPS) is 25.5. The fourth-order valence-corrected chi connectivity index (χ4v) is 8.16. The fourth-order valence-electron chi connectivity index (χ4n) is 8.16. The van der Waals surface area contributed by atoms with Gasteiger partial charge in [0.1, 0.15) is 0 Å². The van der Waals surface area contributed by atoms with E-state index in [1.54, 1.807) is 5.94 Å². The van der Waals surface area contributed by atoms with Crippen molar-refractivity contribution in [2.45, 2.75) is 103 Å². The Balaban J connectivity index is 1.45. The van der Waals surface area contributed by atoms with Gasteiger partial charge in [-0.1, -0.05) is 36.4 Å². The highest BCUT2D eigenvalue weighted by Gasteiger charge is 2.52. The van der Waals surface area contributed by atoms with Crippen molar-refractivity contribution in [3.63, 3.8) is 0 Å². The van der Waals surface area contributed by atoms with Gasteiger partial charge in [0.05, 0.1) is 17.8 Å². The lowest BCUT2D eigenvalue weighted by molar-refractivity contribution is -0.171. The number of esters is 1. The molecule has 0 saturated heterocycles. The van der Waals surface area contributed by atoms with Gasteiger partial charge in [-0.2, -0.15) is 0 Å². The van der Waals surface area contributed by atoms with E-state index in [1.165, 1.54) is 60.8 Å². The van der Waals surface area contributed by atoms with Crippen LogP contribution in [0.5, 0.6) is 0 Å². The van der Waals surface area contributed by atoms with E-state index in [-0.39, 0.29) is 17.0 Å². The molecule has 42 heavy (non-hydrogen) atoms. The summed E-state index contributed by atoms with van der Waals surface area (Å²) in [6.07, 6.45) is 12.3. The van der Waals surface area contributed by atoms with Gasteiger partial charge in [0, 0.05) is 6.42 Å². The summed E-state index contributed by atoms with van der Waals surface area (Å²) in [4.78, 5) is 23.0. The first-order chi connectivity index (χ1) is 20.1. The van der Waals surface area contributed by atoms with E-state index in [2.05, 4.69) is 31.2 Å². The molecule has 2 aromatic carbocycles. The van der Waals surface area contributed by atoms with Crippen LogP contribution in [0.4, 0.5) is 0 Å². The molecule has 1 unspecified atom stereocenters. The first-order valence-corrected chi connectivity index (χ1v) is 15.7. The minimum Gasteiger partial charge on any atom is -0.462 e. The van der Waals surface area contributed by atoms with E-state index in [0.717, 1.165) is 36.0 Å². The van der Waals surface area contributed by atoms with Gasteiger partial charge in [-0.15, -0.1) is 0 Å². The Labute approximate surface area is 251 Å². The molecule has 4 aliphatic carbocycles. The first kappa shape index (κ1) is 30.3. The zero-order valence-corrected chi connectivity index (χ0v) is 25.9. The summed E-state index contributed by atoms with van der Waals surface area (Å²) < 4.78 is 16.9. The molecule has 224 valence electrons. The molecule has 4 fully saturated rings. The Morgan fingerprint density at radius 2 is 1.62 bits per heavy atom. The molecule has 4 aliphatic rings. The van der Waals surface area contributed by atoms with E-state index in [4.69, 9.17) is 14.2 Å². The second-order valence-corrected chi connectivity index (χ2v) is 13.8. The van der Waals surface area contributed by atoms with E-state index in [9.17, 15) is 9.59 Å². The van der Waals surface area contributed by atoms with Crippen LogP contribution in [0.1, 0.15) is 112 Å². The summed E-state index contributed by atoms with van der Waals surface area (Å²) in [7, 11) is 0. The maximum absolute atomic E-state index is 12.1. The number of allylic oxidation sites excluding steroid dienone is 1. The summed E-state index contributed by atoms with van der Waals surface area (Å²) in [5.74, 6) is 3.98. The highest BCUT2D eigenvalue weighted by atomic mass is 16.7. The molecule has 4 saturated carbocycles. The summed E-state index contributed by atoms with van der Waals surface area (Å²) in [5, 5.41) is 0. The topological polar surface area (TPSA) is 61.8 Å². The highest BCUT2D eigenvalue weighted by molar-refractivity contribution is 5.90. The molecule has 0 amide bonds. The third kappa shape index (κ3) is 7.07. The van der Waals surface area contributed by atoms with E-state index >= 15 is 0 Å². The molecular weight excluding hydrogens is 524 g/mol. The van der Waals surface area contributed by atoms with Crippen LogP contribution in [0.15, 0.2) is 48.7 Å². The maximum Gasteiger partial charge on any atom is 0.338 e. The number of rotatable bonds is 11. The molecule has 5 heteroatoms. The number of benzene rings is 2. The predicted molar refractivity (Wildman–Crippen MR) is 167 cm³/mol. The molecule has 1 atom stereocenters. The fraction of sp³-hybridized carbons (Fsp3) is 0.541. The van der Waals surface area contributed by atoms with Gasteiger partial charge in [-0.25, -0.2) is 9.59 Å². The molecule has 6 rings (SSSR count). The Morgan fingerprint density at radius 3 is 2.19 bits per heavy atom. The summed E-state index contributed by atoms with van der Waals surface area (Å²) >= 11 is 0. The Hall–Kier alpha value is -3.14. The second-order valence-electron chi connectivity index (χ2n) is 13.8. The highest BCUT2D eigenvalue weighted by Crippen LogP contribution is 2.61. The monoisotopic (exact) mass is 570 g/mol. The third-order valence-electron chi connectivity index (χ3n) is 9.38. The third-order valence-corrected chi connectivity index (χ3v) is 9.38. The zero-order chi connectivity index (χ0) is 29.9. The molecule has 0 aliphatic heterocycles. The van der Waals surface area contributed by atoms with Gasteiger partial charge in [-0.05, 0) is 143 Å². The quantitative estimate of drug-likeness (QED) is 0.0894. The first-order valence-electron chi connectivity index (χ1n) is 15.7. The van der Waals surface area contributed by atoms with Crippen LogP contribution in [0.3, 0.4) is 0 Å². The van der Waals surface area contributed by atoms with Gasteiger partial charge in [-0.3, -0.25) is 0 Å². The van der Waals surface area contributed by atoms with Crippen LogP contribution in [0.2, 0.25) is 0 Å². The lowest BCUT2D eigenvalue weighted by Gasteiger charge is -2.57. The van der Waals surface area contributed by atoms with Gasteiger partial charge >= 0.3 is 5.97 Å². The van der Waals surface area contributed by atoms with Gasteiger partial charge < -0.3 is 14.2 Å². The SMILES string of the molecule is CCOC(=O)c1ccc(C=C(C)c2ccc(CCC(OC=C=O)OC(C)(C)C)c(C34CC5CC(CC(C5)C3)C4)c2)cc1. The number of aryl methyl sites for hydroxylation is 1. The van der Waals surface area contributed by atoms with E-state index < -0.39 is 6.29 Å². The number of hydrogen-bond acceptors (Lipinski definition) is 5. The largest absolute Gasteiger partial charge is 0.462 e. The van der Waals surface area contributed by atoms with Crippen molar-refractivity contribution in [2.24, 2.45) is 17.8 Å². The number of carbonyl (C=O) groups excluding carboxylic acids is 2. The van der Waals surface area contributed by atoms with Crippen molar-refractivity contribution >= 4 is 23.6 Å². The minimum atomic E-state index is -0.505. The average molecular weight is 571 g/mol. The number of hydrogen-bond donors (Lipinski definition) is 0. The lowest BCUT2D eigenvalue weighted by Crippen LogP contribution is -2.49. The molecule has 0 radical (unpaired) electrons. The van der Waals surface area contributed by atoms with E-state index in [0.29, 0.717) is 18.6 Å². The van der Waals surface area contributed by atoms with Crippen molar-refractivity contribution in [1.29, 1.82) is 0 Å². The van der Waals surface area contributed by atoms with Crippen LogP contribution >= 0.6 is 0 Å². The van der Waals surface area contributed by atoms with Crippen LogP contribution in [-0.4, -0.2) is 30.4 Å². The predicted octanol–water partition coefficient (Wildman–Crippen LogP) is 8.33. The molecule has 0 N–H and O–H groups in total. The van der Waals surface area contributed by atoms with E-state index in [1.807, 2.05) is 52.0 Å². The van der Waals surface area contributed by atoms with Crippen molar-refractivity contribution < 1.29 is 23.8 Å². The van der Waals surface area contributed by atoms with Crippen LogP contribution in [0, 0.1) is 17.8 Å². The average Bonchev–Trinajstić information content (AvgIpc) is 2.93. The van der Waals surface area contributed by atoms with Crippen molar-refractivity contribution in [1.82, 2.24) is 0 Å². The molecular formula is C37H46O5. The minimum absolute atomic E-state index is 0.242. The van der Waals surface area contributed by atoms with Gasteiger partial charge in [0.25, 0.3) is 0 Å². The van der Waals surface area contributed by atoms with Crippen molar-refractivity contribution in [3.05, 3.63) is 76.5 Å². The molecule has 0 heterocycles.